The van der Waals surface area contributed by atoms with Gasteiger partial charge in [0.25, 0.3) is 0 Å². The van der Waals surface area contributed by atoms with Gasteiger partial charge < -0.3 is 14.4 Å². The van der Waals surface area contributed by atoms with Crippen LogP contribution in [0.1, 0.15) is 6.92 Å². The summed E-state index contributed by atoms with van der Waals surface area (Å²) in [5.41, 5.74) is 1.97. The number of carbonyl (C=O) groups excluding carboxylic acids is 1. The fraction of sp³-hybridized carbons (Fsp3) is 0.421. The molecule has 1 saturated heterocycles. The van der Waals surface area contributed by atoms with E-state index in [2.05, 4.69) is 20.0 Å². The van der Waals surface area contributed by atoms with Crippen LogP contribution in [0, 0.1) is 0 Å². The number of hydrogen-bond acceptors (Lipinski definition) is 7. The second-order valence-electron chi connectivity index (χ2n) is 6.07. The summed E-state index contributed by atoms with van der Waals surface area (Å²) in [6.45, 7) is 5.76. The molecule has 1 aromatic heterocycles. The van der Waals surface area contributed by atoms with Gasteiger partial charge in [0.05, 0.1) is 26.5 Å². The first-order valence-electron chi connectivity index (χ1n) is 8.80. The van der Waals surface area contributed by atoms with Crippen LogP contribution in [0.5, 0.6) is 5.75 Å². The first-order chi connectivity index (χ1) is 12.7. The fourth-order valence-corrected chi connectivity index (χ4v) is 3.06. The van der Waals surface area contributed by atoms with Crippen LogP contribution in [0.25, 0.3) is 11.1 Å². The minimum atomic E-state index is -0.168. The molecule has 1 aromatic carbocycles. The molecule has 138 valence electrons. The van der Waals surface area contributed by atoms with Gasteiger partial charge >= 0.3 is 5.97 Å². The van der Waals surface area contributed by atoms with Gasteiger partial charge in [-0.05, 0) is 19.1 Å². The summed E-state index contributed by atoms with van der Waals surface area (Å²) in [6, 6.07) is 9.90. The minimum absolute atomic E-state index is 0.168. The van der Waals surface area contributed by atoms with Crippen LogP contribution < -0.4 is 9.64 Å². The molecule has 1 aliphatic heterocycles. The van der Waals surface area contributed by atoms with E-state index in [-0.39, 0.29) is 5.97 Å². The van der Waals surface area contributed by atoms with Crippen molar-refractivity contribution in [3.8, 4) is 16.9 Å². The Bertz CT molecular complexity index is 745. The highest BCUT2D eigenvalue weighted by Crippen LogP contribution is 2.30. The number of nitrogens with zero attached hydrogens (tertiary/aromatic N) is 4. The van der Waals surface area contributed by atoms with Crippen molar-refractivity contribution in [2.75, 3.05) is 51.3 Å². The maximum absolute atomic E-state index is 11.6. The number of methoxy groups -OCH3 is 1. The minimum Gasteiger partial charge on any atom is -0.496 e. The predicted octanol–water partition coefficient (Wildman–Crippen LogP) is 1.84. The lowest BCUT2D eigenvalue weighted by molar-refractivity contribution is -0.144. The van der Waals surface area contributed by atoms with Gasteiger partial charge in [-0.25, -0.2) is 0 Å². The molecule has 0 radical (unpaired) electrons. The Kier molecular flexibility index (Phi) is 6.01. The summed E-state index contributed by atoms with van der Waals surface area (Å²) in [4.78, 5) is 15.9. The molecular weight excluding hydrogens is 332 g/mol. The number of esters is 1. The van der Waals surface area contributed by atoms with E-state index in [0.29, 0.717) is 13.2 Å². The average Bonchev–Trinajstić information content (AvgIpc) is 2.69. The zero-order chi connectivity index (χ0) is 18.4. The number of aromatic nitrogens is 2. The van der Waals surface area contributed by atoms with E-state index in [1.54, 1.807) is 13.3 Å². The molecule has 0 aliphatic carbocycles. The first kappa shape index (κ1) is 18.1. The van der Waals surface area contributed by atoms with Crippen molar-refractivity contribution < 1.29 is 14.3 Å². The highest BCUT2D eigenvalue weighted by atomic mass is 16.5. The summed E-state index contributed by atoms with van der Waals surface area (Å²) in [5.74, 6) is 1.48. The van der Waals surface area contributed by atoms with Crippen molar-refractivity contribution in [2.45, 2.75) is 6.92 Å². The lowest BCUT2D eigenvalue weighted by Gasteiger charge is -2.34. The Labute approximate surface area is 153 Å². The number of anilines is 1. The zero-order valence-corrected chi connectivity index (χ0v) is 15.2. The monoisotopic (exact) mass is 356 g/mol. The van der Waals surface area contributed by atoms with E-state index in [0.717, 1.165) is 48.9 Å². The molecular formula is C19H24N4O3. The van der Waals surface area contributed by atoms with Crippen molar-refractivity contribution in [1.82, 2.24) is 15.1 Å². The summed E-state index contributed by atoms with van der Waals surface area (Å²) in [6.07, 6.45) is 1.75. The van der Waals surface area contributed by atoms with Gasteiger partial charge in [-0.1, -0.05) is 18.2 Å². The molecule has 7 heteroatoms. The van der Waals surface area contributed by atoms with E-state index in [1.165, 1.54) is 0 Å². The van der Waals surface area contributed by atoms with Crippen LogP contribution in [0.15, 0.2) is 36.5 Å². The molecule has 0 amide bonds. The zero-order valence-electron chi connectivity index (χ0n) is 15.2. The van der Waals surface area contributed by atoms with Crippen molar-refractivity contribution in [3.05, 3.63) is 36.5 Å². The molecule has 0 saturated carbocycles. The van der Waals surface area contributed by atoms with Crippen molar-refractivity contribution >= 4 is 11.8 Å². The lowest BCUT2D eigenvalue weighted by Crippen LogP contribution is -2.48. The van der Waals surface area contributed by atoms with Gasteiger partial charge in [0.2, 0.25) is 0 Å². The predicted molar refractivity (Wildman–Crippen MR) is 99.3 cm³/mol. The maximum Gasteiger partial charge on any atom is 0.320 e. The second-order valence-corrected chi connectivity index (χ2v) is 6.07. The Morgan fingerprint density at radius 3 is 2.69 bits per heavy atom. The van der Waals surface area contributed by atoms with Crippen LogP contribution >= 0.6 is 0 Å². The molecule has 2 aromatic rings. The van der Waals surface area contributed by atoms with Crippen molar-refractivity contribution in [2.24, 2.45) is 0 Å². The van der Waals surface area contributed by atoms with Crippen LogP contribution in [0.2, 0.25) is 0 Å². The van der Waals surface area contributed by atoms with E-state index in [1.807, 2.05) is 37.3 Å². The third kappa shape index (κ3) is 4.29. The Morgan fingerprint density at radius 1 is 1.19 bits per heavy atom. The van der Waals surface area contributed by atoms with Gasteiger partial charge in [0.1, 0.15) is 5.75 Å². The average molecular weight is 356 g/mol. The Balaban J connectivity index is 1.67. The Morgan fingerprint density at radius 2 is 1.96 bits per heavy atom. The largest absolute Gasteiger partial charge is 0.496 e. The van der Waals surface area contributed by atoms with Gasteiger partial charge in [-0.15, -0.1) is 5.10 Å². The van der Waals surface area contributed by atoms with Crippen LogP contribution in [0.3, 0.4) is 0 Å². The fourth-order valence-electron chi connectivity index (χ4n) is 3.06. The number of piperazine rings is 1. The van der Waals surface area contributed by atoms with Crippen LogP contribution in [-0.2, 0) is 9.53 Å². The molecule has 3 rings (SSSR count). The number of benzene rings is 1. The topological polar surface area (TPSA) is 67.8 Å². The molecule has 1 aliphatic rings. The highest BCUT2D eigenvalue weighted by molar-refractivity contribution is 5.72. The molecule has 0 bridgehead atoms. The van der Waals surface area contributed by atoms with E-state index in [9.17, 15) is 4.79 Å². The molecule has 0 N–H and O–H groups in total. The quantitative estimate of drug-likeness (QED) is 0.732. The molecule has 0 atom stereocenters. The van der Waals surface area contributed by atoms with Crippen LogP contribution in [-0.4, -0.2) is 67.5 Å². The van der Waals surface area contributed by atoms with Gasteiger partial charge in [-0.3, -0.25) is 9.69 Å². The van der Waals surface area contributed by atoms with Gasteiger partial charge in [0.15, 0.2) is 5.82 Å². The molecule has 7 nitrogen and oxygen atoms in total. The SMILES string of the molecule is CCOC(=O)CN1CCN(c2cc(-c3ccccc3OC)cnn2)CC1. The number of para-hydroxylation sites is 1. The normalized spacial score (nSPS) is 14.9. The number of carbonyl (C=O) groups is 1. The third-order valence-corrected chi connectivity index (χ3v) is 4.41. The first-order valence-corrected chi connectivity index (χ1v) is 8.80. The van der Waals surface area contributed by atoms with Gasteiger partial charge in [0, 0.05) is 37.3 Å². The standard InChI is InChI=1S/C19H24N4O3/c1-3-26-19(24)14-22-8-10-23(11-9-22)18-12-15(13-20-21-18)16-6-4-5-7-17(16)25-2/h4-7,12-13H,3,8-11,14H2,1-2H3. The molecule has 1 fully saturated rings. The Hall–Kier alpha value is -2.67. The smallest absolute Gasteiger partial charge is 0.320 e. The molecule has 26 heavy (non-hydrogen) atoms. The second kappa shape index (κ2) is 8.62. The summed E-state index contributed by atoms with van der Waals surface area (Å²) in [5, 5.41) is 8.45. The maximum atomic E-state index is 11.6. The number of rotatable bonds is 6. The molecule has 0 unspecified atom stereocenters. The number of ether oxygens (including phenoxy) is 2. The molecule has 2 heterocycles. The summed E-state index contributed by atoms with van der Waals surface area (Å²) < 4.78 is 10.5. The molecule has 0 spiro atoms. The highest BCUT2D eigenvalue weighted by Gasteiger charge is 2.21. The third-order valence-electron chi connectivity index (χ3n) is 4.41. The van der Waals surface area contributed by atoms with Crippen molar-refractivity contribution in [3.63, 3.8) is 0 Å². The summed E-state index contributed by atoms with van der Waals surface area (Å²) >= 11 is 0. The van der Waals surface area contributed by atoms with E-state index in [4.69, 9.17) is 9.47 Å². The van der Waals surface area contributed by atoms with Crippen LogP contribution in [0.4, 0.5) is 5.82 Å². The van der Waals surface area contributed by atoms with Crippen molar-refractivity contribution in [1.29, 1.82) is 0 Å². The summed E-state index contributed by atoms with van der Waals surface area (Å²) in [7, 11) is 1.66. The van der Waals surface area contributed by atoms with E-state index < -0.39 is 0 Å². The van der Waals surface area contributed by atoms with Gasteiger partial charge in [-0.2, -0.15) is 5.10 Å². The number of hydrogen-bond donors (Lipinski definition) is 0. The lowest BCUT2D eigenvalue weighted by atomic mass is 10.1. The van der Waals surface area contributed by atoms with E-state index >= 15 is 0 Å².